The number of nitrogens with two attached hydrogens (primary N) is 1. The quantitative estimate of drug-likeness (QED) is 0.730. The average Bonchev–Trinajstić information content (AvgIpc) is 3.55. The first-order valence-electron chi connectivity index (χ1n) is 11.0. The van der Waals surface area contributed by atoms with E-state index in [4.69, 9.17) is 25.2 Å². The first-order chi connectivity index (χ1) is 15.8. The molecule has 33 heavy (non-hydrogen) atoms. The molecular weight excluding hydrogens is 441 g/mol. The van der Waals surface area contributed by atoms with Gasteiger partial charge in [0.2, 0.25) is 5.95 Å². The third kappa shape index (κ3) is 3.90. The number of nitrogen functional groups attached to an aromatic ring is 1. The Labute approximate surface area is 187 Å². The monoisotopic (exact) mass is 464 g/mol. The van der Waals surface area contributed by atoms with E-state index < -0.39 is 12.1 Å². The molecule has 4 aliphatic rings. The number of nitrogens with zero attached hydrogens (tertiary/aromatic N) is 5. The van der Waals surface area contributed by atoms with Crippen molar-refractivity contribution in [2.24, 2.45) is 5.92 Å². The van der Waals surface area contributed by atoms with E-state index in [1.54, 1.807) is 6.07 Å². The van der Waals surface area contributed by atoms with Crippen molar-refractivity contribution in [3.05, 3.63) is 18.3 Å². The van der Waals surface area contributed by atoms with Crippen molar-refractivity contribution in [3.8, 4) is 17.0 Å². The number of rotatable bonds is 4. The van der Waals surface area contributed by atoms with E-state index in [1.165, 1.54) is 12.3 Å². The molecular formula is C21H23F3N6O3. The second-order valence-corrected chi connectivity index (χ2v) is 8.93. The number of ether oxygens (including phenoxy) is 3. The Kier molecular flexibility index (Phi) is 4.77. The third-order valence-corrected chi connectivity index (χ3v) is 6.78. The molecule has 2 aromatic rings. The van der Waals surface area contributed by atoms with Crippen molar-refractivity contribution in [1.82, 2.24) is 15.0 Å². The van der Waals surface area contributed by atoms with Gasteiger partial charge in [-0.3, -0.25) is 0 Å². The molecule has 4 atom stereocenters. The highest BCUT2D eigenvalue weighted by molar-refractivity contribution is 5.68. The fourth-order valence-corrected chi connectivity index (χ4v) is 5.18. The first kappa shape index (κ1) is 20.7. The van der Waals surface area contributed by atoms with E-state index in [1.807, 2.05) is 0 Å². The van der Waals surface area contributed by atoms with Gasteiger partial charge in [0.1, 0.15) is 5.82 Å². The lowest BCUT2D eigenvalue weighted by atomic mass is 10.1. The van der Waals surface area contributed by atoms with E-state index in [9.17, 15) is 13.2 Å². The van der Waals surface area contributed by atoms with Crippen LogP contribution in [-0.4, -0.2) is 72.4 Å². The normalized spacial score (nSPS) is 28.6. The van der Waals surface area contributed by atoms with Gasteiger partial charge in [-0.15, -0.1) is 13.2 Å². The molecule has 0 aliphatic carbocycles. The molecule has 0 radical (unpaired) electrons. The van der Waals surface area contributed by atoms with Crippen LogP contribution in [0.3, 0.4) is 0 Å². The van der Waals surface area contributed by atoms with Crippen LogP contribution >= 0.6 is 0 Å². The summed E-state index contributed by atoms with van der Waals surface area (Å²) in [6.07, 6.45) is -1.22. The highest BCUT2D eigenvalue weighted by Gasteiger charge is 2.41. The lowest BCUT2D eigenvalue weighted by Gasteiger charge is -2.29. The fourth-order valence-electron chi connectivity index (χ4n) is 5.18. The molecule has 2 aromatic heterocycles. The number of morpholine rings is 1. The van der Waals surface area contributed by atoms with Gasteiger partial charge < -0.3 is 29.7 Å². The Morgan fingerprint density at radius 2 is 2.00 bits per heavy atom. The van der Waals surface area contributed by atoms with Gasteiger partial charge in [-0.2, -0.15) is 4.98 Å². The summed E-state index contributed by atoms with van der Waals surface area (Å²) >= 11 is 0. The molecule has 0 spiro atoms. The zero-order chi connectivity index (χ0) is 22.7. The Morgan fingerprint density at radius 1 is 1.12 bits per heavy atom. The second-order valence-electron chi connectivity index (χ2n) is 8.93. The first-order valence-corrected chi connectivity index (χ1v) is 11.0. The molecule has 6 rings (SSSR count). The SMILES string of the molecule is Nc1ncc(-c2cc(N3C[C@@H]4C[C@H]3CO4)nc(N3C[C@H]4CCO[C@H]4C3)n2)cc1OC(F)(F)F. The van der Waals surface area contributed by atoms with Gasteiger partial charge >= 0.3 is 6.36 Å². The molecule has 12 heteroatoms. The summed E-state index contributed by atoms with van der Waals surface area (Å²) < 4.78 is 54.1. The van der Waals surface area contributed by atoms with E-state index in [-0.39, 0.29) is 24.1 Å². The standard InChI is InChI=1S/C21H23F3N6O3/c22-21(23,24)33-16-3-12(6-26-19(16)25)15-5-18(30-8-14-4-13(30)10-32-14)28-20(27-15)29-7-11-1-2-31-17(11)9-29/h3,5-6,11,13-14,17H,1-2,4,7-10H2,(H2,25,26)/t11-,13+,14+,17+/m1/s1. The van der Waals surface area contributed by atoms with Gasteiger partial charge in [-0.1, -0.05) is 0 Å². The highest BCUT2D eigenvalue weighted by atomic mass is 19.4. The average molecular weight is 464 g/mol. The van der Waals surface area contributed by atoms with Gasteiger partial charge in [0.05, 0.1) is 30.6 Å². The molecule has 4 fully saturated rings. The van der Waals surface area contributed by atoms with E-state index >= 15 is 0 Å². The summed E-state index contributed by atoms with van der Waals surface area (Å²) in [5.74, 6) is 0.781. The van der Waals surface area contributed by atoms with Crippen LogP contribution in [0.25, 0.3) is 11.3 Å². The highest BCUT2D eigenvalue weighted by Crippen LogP contribution is 2.37. The Hall–Kier alpha value is -2.86. The van der Waals surface area contributed by atoms with Gasteiger partial charge in [0.25, 0.3) is 0 Å². The van der Waals surface area contributed by atoms with Gasteiger partial charge in [-0.05, 0) is 18.9 Å². The molecule has 0 aromatic carbocycles. The maximum atomic E-state index is 12.8. The van der Waals surface area contributed by atoms with Crippen molar-refractivity contribution in [3.63, 3.8) is 0 Å². The molecule has 0 unspecified atom stereocenters. The van der Waals surface area contributed by atoms with E-state index in [0.717, 1.165) is 38.4 Å². The van der Waals surface area contributed by atoms with Crippen molar-refractivity contribution in [2.45, 2.75) is 37.5 Å². The number of aromatic nitrogens is 3. The molecule has 4 saturated heterocycles. The van der Waals surface area contributed by atoms with Crippen LogP contribution in [0.15, 0.2) is 18.3 Å². The van der Waals surface area contributed by atoms with Crippen molar-refractivity contribution < 1.29 is 27.4 Å². The second kappa shape index (κ2) is 7.59. The molecule has 2 N–H and O–H groups in total. The molecule has 2 bridgehead atoms. The summed E-state index contributed by atoms with van der Waals surface area (Å²) in [6, 6.07) is 3.22. The Bertz CT molecular complexity index is 1060. The van der Waals surface area contributed by atoms with Crippen molar-refractivity contribution >= 4 is 17.6 Å². The van der Waals surface area contributed by atoms with Crippen LogP contribution in [0.4, 0.5) is 30.8 Å². The number of anilines is 3. The molecule has 9 nitrogen and oxygen atoms in total. The van der Waals surface area contributed by atoms with E-state index in [2.05, 4.69) is 19.5 Å². The predicted molar refractivity (Wildman–Crippen MR) is 112 cm³/mol. The van der Waals surface area contributed by atoms with Crippen LogP contribution in [0.5, 0.6) is 5.75 Å². The zero-order valence-electron chi connectivity index (χ0n) is 17.7. The minimum absolute atomic E-state index is 0.155. The molecule has 6 heterocycles. The smallest absolute Gasteiger partial charge is 0.402 e. The molecule has 176 valence electrons. The summed E-state index contributed by atoms with van der Waals surface area (Å²) in [6.45, 7) is 3.59. The Morgan fingerprint density at radius 3 is 2.73 bits per heavy atom. The third-order valence-electron chi connectivity index (χ3n) is 6.78. The number of fused-ring (bicyclic) bond motifs is 3. The van der Waals surface area contributed by atoms with Crippen LogP contribution in [0.1, 0.15) is 12.8 Å². The molecule has 0 amide bonds. The minimum atomic E-state index is -4.88. The van der Waals surface area contributed by atoms with Gasteiger partial charge in [0, 0.05) is 50.0 Å². The minimum Gasteiger partial charge on any atom is -0.402 e. The predicted octanol–water partition coefficient (Wildman–Crippen LogP) is 2.22. The summed E-state index contributed by atoms with van der Waals surface area (Å²) in [5, 5.41) is 0. The maximum Gasteiger partial charge on any atom is 0.573 e. The fraction of sp³-hybridized carbons (Fsp3) is 0.571. The topological polar surface area (TPSA) is 98.9 Å². The largest absolute Gasteiger partial charge is 0.573 e. The van der Waals surface area contributed by atoms with Gasteiger partial charge in [0.15, 0.2) is 11.6 Å². The van der Waals surface area contributed by atoms with E-state index in [0.29, 0.717) is 36.3 Å². The van der Waals surface area contributed by atoms with Crippen LogP contribution in [0, 0.1) is 5.92 Å². The molecule has 0 saturated carbocycles. The number of alkyl halides is 3. The number of hydrogen-bond acceptors (Lipinski definition) is 9. The lowest BCUT2D eigenvalue weighted by molar-refractivity contribution is -0.274. The number of hydrogen-bond donors (Lipinski definition) is 1. The van der Waals surface area contributed by atoms with Crippen LogP contribution < -0.4 is 20.3 Å². The molecule has 4 aliphatic heterocycles. The van der Waals surface area contributed by atoms with Crippen LogP contribution in [-0.2, 0) is 9.47 Å². The number of pyridine rings is 1. The summed E-state index contributed by atoms with van der Waals surface area (Å²) in [5.41, 5.74) is 6.43. The number of halogens is 3. The maximum absolute atomic E-state index is 12.8. The van der Waals surface area contributed by atoms with Gasteiger partial charge in [-0.25, -0.2) is 9.97 Å². The Balaban J connectivity index is 1.38. The van der Waals surface area contributed by atoms with Crippen LogP contribution in [0.2, 0.25) is 0 Å². The summed E-state index contributed by atoms with van der Waals surface area (Å²) in [4.78, 5) is 17.7. The van der Waals surface area contributed by atoms with Crippen molar-refractivity contribution in [2.75, 3.05) is 48.4 Å². The lowest BCUT2D eigenvalue weighted by Crippen LogP contribution is -2.38. The van der Waals surface area contributed by atoms with Crippen molar-refractivity contribution in [1.29, 1.82) is 0 Å². The zero-order valence-corrected chi connectivity index (χ0v) is 17.7. The summed E-state index contributed by atoms with van der Waals surface area (Å²) in [7, 11) is 0.